The minimum atomic E-state index is -0.565. The molecule has 1 aromatic rings. The molecule has 4 N–H and O–H groups in total. The number of rotatable bonds is 4. The van der Waals surface area contributed by atoms with E-state index in [-0.39, 0.29) is 29.6 Å². The molecule has 0 radical (unpaired) electrons. The van der Waals surface area contributed by atoms with Gasteiger partial charge in [0.1, 0.15) is 5.56 Å². The molecular weight excluding hydrogens is 332 g/mol. The van der Waals surface area contributed by atoms with E-state index in [0.29, 0.717) is 12.1 Å². The van der Waals surface area contributed by atoms with Crippen molar-refractivity contribution in [3.8, 4) is 5.88 Å². The maximum Gasteiger partial charge on any atom is 0.331 e. The highest BCUT2D eigenvalue weighted by Gasteiger charge is 2.27. The van der Waals surface area contributed by atoms with Gasteiger partial charge in [-0.05, 0) is 32.1 Å². The number of hydrogen-bond acceptors (Lipinski definition) is 5. The number of aliphatic imine (C=N–C) groups is 1. The monoisotopic (exact) mass is 362 g/mol. The van der Waals surface area contributed by atoms with Crippen molar-refractivity contribution in [1.82, 2.24) is 9.55 Å². The highest BCUT2D eigenvalue weighted by atomic mass is 16.3. The van der Waals surface area contributed by atoms with Crippen LogP contribution in [0.15, 0.2) is 14.6 Å². The van der Waals surface area contributed by atoms with Gasteiger partial charge in [0, 0.05) is 12.1 Å². The summed E-state index contributed by atoms with van der Waals surface area (Å²) in [5, 5.41) is 10.8. The Morgan fingerprint density at radius 3 is 2.46 bits per heavy atom. The smallest absolute Gasteiger partial charge is 0.331 e. The second-order valence-corrected chi connectivity index (χ2v) is 7.56. The van der Waals surface area contributed by atoms with Gasteiger partial charge in [0.05, 0.1) is 11.8 Å². The zero-order valence-corrected chi connectivity index (χ0v) is 15.5. The Balaban J connectivity index is 2.04. The summed E-state index contributed by atoms with van der Waals surface area (Å²) in [4.78, 5) is 32.0. The summed E-state index contributed by atoms with van der Waals surface area (Å²) in [5.41, 5.74) is 5.77. The Labute approximate surface area is 153 Å². The fourth-order valence-corrected chi connectivity index (χ4v) is 4.31. The molecular formula is C19H30N4O3. The minimum Gasteiger partial charge on any atom is -0.494 e. The third-order valence-corrected chi connectivity index (χ3v) is 5.78. The molecule has 0 unspecified atom stereocenters. The third-order valence-electron chi connectivity index (χ3n) is 5.78. The Kier molecular flexibility index (Phi) is 5.96. The number of aromatic nitrogens is 2. The number of H-pyrrole nitrogens is 1. The number of hydrogen-bond donors (Lipinski definition) is 3. The molecule has 1 heterocycles. The molecule has 2 saturated carbocycles. The summed E-state index contributed by atoms with van der Waals surface area (Å²) in [6.45, 7) is 1.90. The Bertz CT molecular complexity index is 774. The van der Waals surface area contributed by atoms with Crippen LogP contribution in [-0.2, 0) is 0 Å². The lowest BCUT2D eigenvalue weighted by molar-refractivity contribution is 0.298. The first kappa shape index (κ1) is 18.9. The molecule has 26 heavy (non-hydrogen) atoms. The average molecular weight is 362 g/mol. The molecule has 2 aliphatic carbocycles. The molecule has 0 aromatic carbocycles. The van der Waals surface area contributed by atoms with Crippen LogP contribution in [0.3, 0.4) is 0 Å². The summed E-state index contributed by atoms with van der Waals surface area (Å²) in [5.74, 6) is -0.240. The molecule has 3 rings (SSSR count). The van der Waals surface area contributed by atoms with Crippen LogP contribution >= 0.6 is 0 Å². The maximum atomic E-state index is 12.5. The van der Waals surface area contributed by atoms with Crippen LogP contribution in [0.1, 0.15) is 82.7 Å². The van der Waals surface area contributed by atoms with Gasteiger partial charge in [0.2, 0.25) is 5.88 Å². The number of nitrogens with zero attached hydrogens (tertiary/aromatic N) is 2. The summed E-state index contributed by atoms with van der Waals surface area (Å²) in [7, 11) is 0. The standard InChI is InChI=1S/C19H30N4O3/c1-2-14(21-15-11-7-6-10-13(15)20)16-17(24)22-19(26)23(18(16)25)12-8-4-3-5-9-12/h12-13,15,25H,2-11,20H2,1H3,(H,22,24,26)/t13-,15+/m0/s1. The van der Waals surface area contributed by atoms with Gasteiger partial charge in [-0.3, -0.25) is 19.3 Å². The van der Waals surface area contributed by atoms with Crippen molar-refractivity contribution in [1.29, 1.82) is 0 Å². The number of nitrogens with two attached hydrogens (primary N) is 1. The van der Waals surface area contributed by atoms with E-state index in [1.165, 1.54) is 4.57 Å². The van der Waals surface area contributed by atoms with E-state index < -0.39 is 11.2 Å². The van der Waals surface area contributed by atoms with E-state index >= 15 is 0 Å². The second kappa shape index (κ2) is 8.20. The van der Waals surface area contributed by atoms with Gasteiger partial charge in [-0.25, -0.2) is 4.79 Å². The predicted molar refractivity (Wildman–Crippen MR) is 102 cm³/mol. The zero-order valence-electron chi connectivity index (χ0n) is 15.5. The molecule has 0 spiro atoms. The summed E-state index contributed by atoms with van der Waals surface area (Å²) in [6.07, 6.45) is 9.37. The largest absolute Gasteiger partial charge is 0.494 e. The van der Waals surface area contributed by atoms with Crippen LogP contribution in [0.4, 0.5) is 0 Å². The van der Waals surface area contributed by atoms with Crippen molar-refractivity contribution >= 4 is 5.71 Å². The minimum absolute atomic E-state index is 0.0178. The van der Waals surface area contributed by atoms with Crippen LogP contribution in [0.25, 0.3) is 0 Å². The first-order chi connectivity index (χ1) is 12.5. The molecule has 0 bridgehead atoms. The van der Waals surface area contributed by atoms with Gasteiger partial charge in [-0.1, -0.05) is 39.0 Å². The summed E-state index contributed by atoms with van der Waals surface area (Å²) >= 11 is 0. The molecule has 0 aliphatic heterocycles. The van der Waals surface area contributed by atoms with Crippen LogP contribution in [0.2, 0.25) is 0 Å². The first-order valence-corrected chi connectivity index (χ1v) is 9.93. The molecule has 2 aliphatic rings. The van der Waals surface area contributed by atoms with Crippen LogP contribution in [-0.4, -0.2) is 32.5 Å². The highest BCUT2D eigenvalue weighted by Crippen LogP contribution is 2.30. The van der Waals surface area contributed by atoms with Gasteiger partial charge >= 0.3 is 5.69 Å². The topological polar surface area (TPSA) is 113 Å². The summed E-state index contributed by atoms with van der Waals surface area (Å²) < 4.78 is 1.36. The lowest BCUT2D eigenvalue weighted by Gasteiger charge is -2.27. The van der Waals surface area contributed by atoms with Crippen LogP contribution in [0, 0.1) is 0 Å². The van der Waals surface area contributed by atoms with Crippen LogP contribution < -0.4 is 17.0 Å². The van der Waals surface area contributed by atoms with Gasteiger partial charge in [-0.15, -0.1) is 0 Å². The van der Waals surface area contributed by atoms with Gasteiger partial charge in [-0.2, -0.15) is 0 Å². The lowest BCUT2D eigenvalue weighted by Crippen LogP contribution is -2.39. The van der Waals surface area contributed by atoms with E-state index in [9.17, 15) is 14.7 Å². The molecule has 144 valence electrons. The molecule has 7 nitrogen and oxygen atoms in total. The van der Waals surface area contributed by atoms with Crippen molar-refractivity contribution in [2.75, 3.05) is 0 Å². The van der Waals surface area contributed by atoms with Gasteiger partial charge < -0.3 is 10.8 Å². The Morgan fingerprint density at radius 1 is 1.15 bits per heavy atom. The SMILES string of the molecule is CCC(=N[C@@H]1CCCC[C@@H]1N)c1c(O)n(C2CCCCC2)c(=O)[nH]c1=O. The second-order valence-electron chi connectivity index (χ2n) is 7.56. The Morgan fingerprint density at radius 2 is 1.81 bits per heavy atom. The van der Waals surface area contributed by atoms with Gasteiger partial charge in [0.25, 0.3) is 5.56 Å². The number of aromatic amines is 1. The normalized spacial score (nSPS) is 25.4. The van der Waals surface area contributed by atoms with E-state index in [4.69, 9.17) is 10.7 Å². The summed E-state index contributed by atoms with van der Waals surface area (Å²) in [6, 6.07) is -0.120. The van der Waals surface area contributed by atoms with Crippen LogP contribution in [0.5, 0.6) is 5.88 Å². The van der Waals surface area contributed by atoms with Crippen molar-refractivity contribution in [2.45, 2.75) is 89.3 Å². The van der Waals surface area contributed by atoms with Crippen molar-refractivity contribution < 1.29 is 5.11 Å². The molecule has 7 heteroatoms. The zero-order chi connectivity index (χ0) is 18.7. The van der Waals surface area contributed by atoms with Crippen molar-refractivity contribution in [3.05, 3.63) is 26.4 Å². The molecule has 0 amide bonds. The third kappa shape index (κ3) is 3.77. The van der Waals surface area contributed by atoms with E-state index in [0.717, 1.165) is 57.8 Å². The predicted octanol–water partition coefficient (Wildman–Crippen LogP) is 2.22. The van der Waals surface area contributed by atoms with E-state index in [2.05, 4.69) is 4.98 Å². The van der Waals surface area contributed by atoms with E-state index in [1.54, 1.807) is 0 Å². The number of aromatic hydroxyl groups is 1. The maximum absolute atomic E-state index is 12.5. The average Bonchev–Trinajstić information content (AvgIpc) is 2.63. The first-order valence-electron chi connectivity index (χ1n) is 9.93. The highest BCUT2D eigenvalue weighted by molar-refractivity contribution is 6.02. The quantitative estimate of drug-likeness (QED) is 0.713. The number of nitrogens with one attached hydrogen (secondary N) is 1. The fourth-order valence-electron chi connectivity index (χ4n) is 4.31. The van der Waals surface area contributed by atoms with E-state index in [1.807, 2.05) is 6.92 Å². The molecule has 2 atom stereocenters. The molecule has 0 saturated heterocycles. The molecule has 2 fully saturated rings. The van der Waals surface area contributed by atoms with Crippen molar-refractivity contribution in [2.24, 2.45) is 10.7 Å². The molecule has 1 aromatic heterocycles. The van der Waals surface area contributed by atoms with Crippen molar-refractivity contribution in [3.63, 3.8) is 0 Å². The lowest BCUT2D eigenvalue weighted by atomic mass is 9.91. The van der Waals surface area contributed by atoms with Gasteiger partial charge in [0.15, 0.2) is 0 Å². The fraction of sp³-hybridized carbons (Fsp3) is 0.737. The Hall–Kier alpha value is -1.89.